The van der Waals surface area contributed by atoms with Crippen LogP contribution < -0.4 is 14.8 Å². The van der Waals surface area contributed by atoms with E-state index in [1.165, 1.54) is 0 Å². The summed E-state index contributed by atoms with van der Waals surface area (Å²) in [6.45, 7) is 5.03. The van der Waals surface area contributed by atoms with Crippen molar-refractivity contribution in [2.75, 3.05) is 13.2 Å². The Balaban J connectivity index is 1.60. The first kappa shape index (κ1) is 16.4. The summed E-state index contributed by atoms with van der Waals surface area (Å²) in [5.41, 5.74) is 2.15. The van der Waals surface area contributed by atoms with Gasteiger partial charge < -0.3 is 14.8 Å². The van der Waals surface area contributed by atoms with E-state index in [0.29, 0.717) is 13.2 Å². The van der Waals surface area contributed by atoms with Crippen molar-refractivity contribution in [3.63, 3.8) is 0 Å². The number of carbonyl (C=O) groups is 1. The van der Waals surface area contributed by atoms with E-state index in [1.807, 2.05) is 62.4 Å². The number of amides is 1. The number of carbonyl (C=O) groups excluding carboxylic acids is 1. The van der Waals surface area contributed by atoms with E-state index < -0.39 is 0 Å². The quantitative estimate of drug-likeness (QED) is 0.915. The summed E-state index contributed by atoms with van der Waals surface area (Å²) < 4.78 is 11.2. The zero-order valence-corrected chi connectivity index (χ0v) is 14.1. The fourth-order valence-corrected chi connectivity index (χ4v) is 2.93. The first-order chi connectivity index (χ1) is 11.7. The molecule has 3 rings (SSSR count). The number of hydrogen-bond acceptors (Lipinski definition) is 3. The molecule has 0 radical (unpaired) electrons. The average molecular weight is 325 g/mol. The summed E-state index contributed by atoms with van der Waals surface area (Å²) in [7, 11) is 0. The van der Waals surface area contributed by atoms with Gasteiger partial charge in [-0.2, -0.15) is 0 Å². The second-order valence-corrected chi connectivity index (χ2v) is 6.05. The molecule has 2 atom stereocenters. The lowest BCUT2D eigenvalue weighted by atomic mass is 9.95. The third kappa shape index (κ3) is 3.70. The largest absolute Gasteiger partial charge is 0.494 e. The molecular weight excluding hydrogens is 302 g/mol. The molecule has 2 aromatic carbocycles. The number of rotatable bonds is 5. The van der Waals surface area contributed by atoms with Crippen LogP contribution in [0.3, 0.4) is 0 Å². The van der Waals surface area contributed by atoms with Crippen molar-refractivity contribution in [3.8, 4) is 11.5 Å². The molecule has 1 aliphatic rings. The van der Waals surface area contributed by atoms with Crippen LogP contribution in [0.5, 0.6) is 11.5 Å². The van der Waals surface area contributed by atoms with Crippen LogP contribution in [0.25, 0.3) is 0 Å². The van der Waals surface area contributed by atoms with Crippen LogP contribution in [0.4, 0.5) is 0 Å². The van der Waals surface area contributed by atoms with Crippen LogP contribution in [-0.4, -0.2) is 19.1 Å². The number of hydrogen-bond donors (Lipinski definition) is 1. The van der Waals surface area contributed by atoms with E-state index >= 15 is 0 Å². The third-order valence-corrected chi connectivity index (χ3v) is 4.30. The average Bonchev–Trinajstić information content (AvgIpc) is 2.62. The highest BCUT2D eigenvalue weighted by molar-refractivity contribution is 5.80. The van der Waals surface area contributed by atoms with Crippen molar-refractivity contribution in [3.05, 3.63) is 59.7 Å². The van der Waals surface area contributed by atoms with E-state index in [2.05, 4.69) is 5.32 Å². The Bertz CT molecular complexity index is 696. The molecule has 1 aliphatic heterocycles. The Kier molecular flexibility index (Phi) is 5.04. The van der Waals surface area contributed by atoms with E-state index in [4.69, 9.17) is 9.47 Å². The normalized spacial score (nSPS) is 17.3. The van der Waals surface area contributed by atoms with Crippen molar-refractivity contribution in [2.45, 2.75) is 26.3 Å². The van der Waals surface area contributed by atoms with Gasteiger partial charge in [0.1, 0.15) is 18.1 Å². The van der Waals surface area contributed by atoms with E-state index in [-0.39, 0.29) is 17.9 Å². The molecule has 0 saturated carbocycles. The smallest absolute Gasteiger partial charge is 0.227 e. The van der Waals surface area contributed by atoms with Gasteiger partial charge in [-0.1, -0.05) is 30.3 Å². The third-order valence-electron chi connectivity index (χ3n) is 4.30. The second kappa shape index (κ2) is 7.39. The van der Waals surface area contributed by atoms with Gasteiger partial charge in [-0.3, -0.25) is 4.79 Å². The molecule has 1 amide bonds. The minimum atomic E-state index is -0.148. The Hall–Kier alpha value is -2.49. The summed E-state index contributed by atoms with van der Waals surface area (Å²) in [5.74, 6) is 1.62. The van der Waals surface area contributed by atoms with Gasteiger partial charge >= 0.3 is 0 Å². The van der Waals surface area contributed by atoms with Gasteiger partial charge in [0.05, 0.1) is 18.6 Å². The fraction of sp³-hybridized carbons (Fsp3) is 0.350. The highest BCUT2D eigenvalue weighted by Crippen LogP contribution is 2.27. The summed E-state index contributed by atoms with van der Waals surface area (Å²) >= 11 is 0. The maximum Gasteiger partial charge on any atom is 0.227 e. The Morgan fingerprint density at radius 3 is 2.75 bits per heavy atom. The molecule has 1 heterocycles. The lowest BCUT2D eigenvalue weighted by molar-refractivity contribution is -0.126. The molecule has 0 fully saturated rings. The molecule has 0 bridgehead atoms. The van der Waals surface area contributed by atoms with E-state index in [9.17, 15) is 4.79 Å². The highest BCUT2D eigenvalue weighted by Gasteiger charge is 2.26. The molecule has 0 aliphatic carbocycles. The van der Waals surface area contributed by atoms with E-state index in [1.54, 1.807) is 0 Å². The van der Waals surface area contributed by atoms with Gasteiger partial charge in [0.15, 0.2) is 0 Å². The molecule has 126 valence electrons. The predicted octanol–water partition coefficient (Wildman–Crippen LogP) is 3.51. The van der Waals surface area contributed by atoms with Crippen molar-refractivity contribution in [2.24, 2.45) is 5.92 Å². The number of para-hydroxylation sites is 1. The maximum atomic E-state index is 12.5. The number of ether oxygens (including phenoxy) is 2. The molecule has 0 aromatic heterocycles. The molecule has 4 heteroatoms. The SMILES string of the molecule is CCOc1ccc(C(C)NC(=O)C2COc3ccccc3C2)cc1. The van der Waals surface area contributed by atoms with Crippen molar-refractivity contribution < 1.29 is 14.3 Å². The Morgan fingerprint density at radius 2 is 2.00 bits per heavy atom. The Labute approximate surface area is 142 Å². The number of fused-ring (bicyclic) bond motifs is 1. The van der Waals surface area contributed by atoms with Crippen molar-refractivity contribution >= 4 is 5.91 Å². The summed E-state index contributed by atoms with van der Waals surface area (Å²) in [5, 5.41) is 3.09. The highest BCUT2D eigenvalue weighted by atomic mass is 16.5. The topological polar surface area (TPSA) is 47.6 Å². The summed E-state index contributed by atoms with van der Waals surface area (Å²) in [4.78, 5) is 12.5. The monoisotopic (exact) mass is 325 g/mol. The van der Waals surface area contributed by atoms with Crippen LogP contribution in [0.15, 0.2) is 48.5 Å². The van der Waals surface area contributed by atoms with Crippen LogP contribution >= 0.6 is 0 Å². The zero-order valence-electron chi connectivity index (χ0n) is 14.1. The number of benzene rings is 2. The standard InChI is InChI=1S/C20H23NO3/c1-3-23-18-10-8-15(9-11-18)14(2)21-20(22)17-12-16-6-4-5-7-19(16)24-13-17/h4-11,14,17H,3,12-13H2,1-2H3,(H,21,22). The second-order valence-electron chi connectivity index (χ2n) is 6.05. The van der Waals surface area contributed by atoms with Crippen LogP contribution in [0, 0.1) is 5.92 Å². The zero-order chi connectivity index (χ0) is 16.9. The molecule has 24 heavy (non-hydrogen) atoms. The minimum absolute atomic E-state index is 0.0332. The molecule has 0 spiro atoms. The lowest BCUT2D eigenvalue weighted by Gasteiger charge is -2.26. The summed E-state index contributed by atoms with van der Waals surface area (Å²) in [6.07, 6.45) is 0.720. The molecular formula is C20H23NO3. The predicted molar refractivity (Wildman–Crippen MR) is 93.3 cm³/mol. The number of nitrogens with one attached hydrogen (secondary N) is 1. The van der Waals surface area contributed by atoms with Gasteiger partial charge in [-0.25, -0.2) is 0 Å². The minimum Gasteiger partial charge on any atom is -0.494 e. The molecule has 2 unspecified atom stereocenters. The maximum absolute atomic E-state index is 12.5. The van der Waals surface area contributed by atoms with Gasteiger partial charge in [0, 0.05) is 0 Å². The first-order valence-corrected chi connectivity index (χ1v) is 8.41. The van der Waals surface area contributed by atoms with Crippen LogP contribution in [0.1, 0.15) is 31.0 Å². The van der Waals surface area contributed by atoms with Crippen LogP contribution in [0.2, 0.25) is 0 Å². The van der Waals surface area contributed by atoms with Gasteiger partial charge in [0.2, 0.25) is 5.91 Å². The lowest BCUT2D eigenvalue weighted by Crippen LogP contribution is -2.38. The van der Waals surface area contributed by atoms with Crippen molar-refractivity contribution in [1.82, 2.24) is 5.32 Å². The van der Waals surface area contributed by atoms with Gasteiger partial charge in [0.25, 0.3) is 0 Å². The molecule has 1 N–H and O–H groups in total. The molecule has 0 saturated heterocycles. The van der Waals surface area contributed by atoms with Crippen LogP contribution in [-0.2, 0) is 11.2 Å². The van der Waals surface area contributed by atoms with Gasteiger partial charge in [-0.05, 0) is 49.6 Å². The Morgan fingerprint density at radius 1 is 1.25 bits per heavy atom. The van der Waals surface area contributed by atoms with Gasteiger partial charge in [-0.15, -0.1) is 0 Å². The first-order valence-electron chi connectivity index (χ1n) is 8.41. The molecule has 2 aromatic rings. The summed E-state index contributed by atoms with van der Waals surface area (Å²) in [6, 6.07) is 15.7. The molecule has 4 nitrogen and oxygen atoms in total. The van der Waals surface area contributed by atoms with E-state index in [0.717, 1.165) is 29.0 Å². The fourth-order valence-electron chi connectivity index (χ4n) is 2.93. The van der Waals surface area contributed by atoms with Crippen molar-refractivity contribution in [1.29, 1.82) is 0 Å².